The SMILES string of the molecule is CC1=C(C(=O)OC(C)C)C(c2ccccc2C)C2=C(CC(C)(C)CC2=O)N1. The number of esters is 1. The van der Waals surface area contributed by atoms with Crippen molar-refractivity contribution in [3.05, 3.63) is 57.9 Å². The van der Waals surface area contributed by atoms with E-state index >= 15 is 0 Å². The molecule has 1 N–H and O–H groups in total. The molecule has 1 aliphatic carbocycles. The number of carbonyl (C=O) groups is 2. The largest absolute Gasteiger partial charge is 0.460 e. The van der Waals surface area contributed by atoms with Gasteiger partial charge < -0.3 is 10.1 Å². The van der Waals surface area contributed by atoms with Crippen LogP contribution in [0.2, 0.25) is 0 Å². The van der Waals surface area contributed by atoms with Crippen LogP contribution in [0.15, 0.2) is 46.8 Å². The number of nitrogens with one attached hydrogen (secondary N) is 1. The van der Waals surface area contributed by atoms with E-state index in [1.165, 1.54) is 0 Å². The van der Waals surface area contributed by atoms with Crippen molar-refractivity contribution in [3.63, 3.8) is 0 Å². The topological polar surface area (TPSA) is 55.4 Å². The maximum absolute atomic E-state index is 13.2. The number of ketones is 1. The second kappa shape index (κ2) is 6.99. The van der Waals surface area contributed by atoms with Gasteiger partial charge in [-0.05, 0) is 50.7 Å². The minimum Gasteiger partial charge on any atom is -0.460 e. The van der Waals surface area contributed by atoms with Gasteiger partial charge in [-0.2, -0.15) is 0 Å². The molecule has 0 aromatic heterocycles. The van der Waals surface area contributed by atoms with Gasteiger partial charge in [0.1, 0.15) is 0 Å². The van der Waals surface area contributed by atoms with Crippen LogP contribution >= 0.6 is 0 Å². The molecular formula is C23H29NO3. The highest BCUT2D eigenvalue weighted by molar-refractivity contribution is 6.04. The number of allylic oxidation sites excluding steroid dienone is 3. The van der Waals surface area contributed by atoms with Gasteiger partial charge in [-0.15, -0.1) is 0 Å². The van der Waals surface area contributed by atoms with Gasteiger partial charge in [-0.25, -0.2) is 4.79 Å². The first-order valence-electron chi connectivity index (χ1n) is 9.61. The van der Waals surface area contributed by atoms with Gasteiger partial charge in [-0.3, -0.25) is 4.79 Å². The number of hydrogen-bond acceptors (Lipinski definition) is 4. The van der Waals surface area contributed by atoms with Crippen molar-refractivity contribution < 1.29 is 14.3 Å². The standard InChI is InChI=1S/C23H29NO3/c1-13(2)27-22(26)19-15(4)24-17-11-23(5,6)12-18(25)21(17)20(19)16-10-8-7-9-14(16)3/h7-10,13,20,24H,11-12H2,1-6H3. The predicted molar refractivity (Wildman–Crippen MR) is 106 cm³/mol. The van der Waals surface area contributed by atoms with Crippen LogP contribution in [0.3, 0.4) is 0 Å². The summed E-state index contributed by atoms with van der Waals surface area (Å²) in [5.41, 5.74) is 4.97. The zero-order chi connectivity index (χ0) is 19.9. The Kier molecular flexibility index (Phi) is 5.02. The van der Waals surface area contributed by atoms with Crippen LogP contribution < -0.4 is 5.32 Å². The van der Waals surface area contributed by atoms with Gasteiger partial charge in [0, 0.05) is 29.3 Å². The van der Waals surface area contributed by atoms with Gasteiger partial charge in [0.2, 0.25) is 0 Å². The lowest BCUT2D eigenvalue weighted by Gasteiger charge is -2.39. The summed E-state index contributed by atoms with van der Waals surface area (Å²) >= 11 is 0. The van der Waals surface area contributed by atoms with E-state index in [-0.39, 0.29) is 29.2 Å². The average molecular weight is 367 g/mol. The Morgan fingerprint density at radius 2 is 1.85 bits per heavy atom. The van der Waals surface area contributed by atoms with E-state index in [0.717, 1.165) is 34.5 Å². The lowest BCUT2D eigenvalue weighted by Crippen LogP contribution is -2.39. The molecule has 0 amide bonds. The Bertz CT molecular complexity index is 858. The van der Waals surface area contributed by atoms with Crippen molar-refractivity contribution in [2.75, 3.05) is 0 Å². The third-order valence-corrected chi connectivity index (χ3v) is 5.30. The molecule has 144 valence electrons. The second-order valence-corrected chi connectivity index (χ2v) is 8.74. The van der Waals surface area contributed by atoms with Crippen LogP contribution in [-0.4, -0.2) is 17.9 Å². The smallest absolute Gasteiger partial charge is 0.337 e. The van der Waals surface area contributed by atoms with Crippen LogP contribution in [0, 0.1) is 12.3 Å². The molecule has 1 aromatic carbocycles. The summed E-state index contributed by atoms with van der Waals surface area (Å²) in [7, 11) is 0. The molecule has 1 aromatic rings. The number of Topliss-reactive ketones (excluding diaryl/α,β-unsaturated/α-hetero) is 1. The number of benzene rings is 1. The average Bonchev–Trinajstić information content (AvgIpc) is 2.51. The normalized spacial score (nSPS) is 21.9. The Labute approximate surface area is 161 Å². The van der Waals surface area contributed by atoms with Crippen LogP contribution in [0.5, 0.6) is 0 Å². The van der Waals surface area contributed by atoms with Crippen molar-refractivity contribution in [1.29, 1.82) is 0 Å². The first-order valence-corrected chi connectivity index (χ1v) is 9.61. The third-order valence-electron chi connectivity index (χ3n) is 5.30. The molecule has 1 unspecified atom stereocenters. The van der Waals surface area contributed by atoms with E-state index in [0.29, 0.717) is 12.0 Å². The van der Waals surface area contributed by atoms with Crippen molar-refractivity contribution in [3.8, 4) is 0 Å². The predicted octanol–water partition coefficient (Wildman–Crippen LogP) is 4.55. The van der Waals surface area contributed by atoms with Crippen molar-refractivity contribution in [2.45, 2.75) is 66.4 Å². The van der Waals surface area contributed by atoms with Crippen LogP contribution in [0.4, 0.5) is 0 Å². The molecule has 0 spiro atoms. The molecule has 0 bridgehead atoms. The highest BCUT2D eigenvalue weighted by Gasteiger charge is 2.43. The number of ether oxygens (including phenoxy) is 1. The molecule has 0 saturated heterocycles. The van der Waals surface area contributed by atoms with Crippen molar-refractivity contribution in [1.82, 2.24) is 5.32 Å². The second-order valence-electron chi connectivity index (χ2n) is 8.74. The van der Waals surface area contributed by atoms with E-state index in [2.05, 4.69) is 19.2 Å². The summed E-state index contributed by atoms with van der Waals surface area (Å²) in [6.45, 7) is 11.8. The molecule has 0 radical (unpaired) electrons. The first kappa shape index (κ1) is 19.4. The molecule has 1 atom stereocenters. The fourth-order valence-corrected chi connectivity index (χ4v) is 4.21. The molecule has 3 rings (SSSR count). The first-order chi connectivity index (χ1) is 12.6. The maximum Gasteiger partial charge on any atom is 0.337 e. The van der Waals surface area contributed by atoms with E-state index < -0.39 is 0 Å². The summed E-state index contributed by atoms with van der Waals surface area (Å²) < 4.78 is 5.54. The summed E-state index contributed by atoms with van der Waals surface area (Å²) in [4.78, 5) is 26.1. The fraction of sp³-hybridized carbons (Fsp3) is 0.478. The Hall–Kier alpha value is -2.36. The van der Waals surface area contributed by atoms with Gasteiger partial charge in [-0.1, -0.05) is 38.1 Å². The maximum atomic E-state index is 13.2. The van der Waals surface area contributed by atoms with Crippen LogP contribution in [0.25, 0.3) is 0 Å². The van der Waals surface area contributed by atoms with E-state index in [4.69, 9.17) is 4.74 Å². The van der Waals surface area contributed by atoms with Crippen LogP contribution in [-0.2, 0) is 14.3 Å². The molecule has 4 nitrogen and oxygen atoms in total. The monoisotopic (exact) mass is 367 g/mol. The molecule has 1 heterocycles. The Morgan fingerprint density at radius 3 is 2.48 bits per heavy atom. The zero-order valence-corrected chi connectivity index (χ0v) is 17.1. The lowest BCUT2D eigenvalue weighted by molar-refractivity contribution is -0.143. The van der Waals surface area contributed by atoms with E-state index in [1.54, 1.807) is 0 Å². The van der Waals surface area contributed by atoms with Crippen molar-refractivity contribution >= 4 is 11.8 Å². The van der Waals surface area contributed by atoms with E-state index in [9.17, 15) is 9.59 Å². The summed E-state index contributed by atoms with van der Waals surface area (Å²) in [5, 5.41) is 3.37. The van der Waals surface area contributed by atoms with Crippen LogP contribution in [0.1, 0.15) is 64.5 Å². The number of dihydropyridines is 1. The number of rotatable bonds is 3. The van der Waals surface area contributed by atoms with Gasteiger partial charge in [0.15, 0.2) is 5.78 Å². The van der Waals surface area contributed by atoms with Crippen molar-refractivity contribution in [2.24, 2.45) is 5.41 Å². The van der Waals surface area contributed by atoms with E-state index in [1.807, 2.05) is 52.0 Å². The molecule has 2 aliphatic rings. The minimum absolute atomic E-state index is 0.0879. The summed E-state index contributed by atoms with van der Waals surface area (Å²) in [5.74, 6) is -0.617. The highest BCUT2D eigenvalue weighted by Crippen LogP contribution is 2.47. The quantitative estimate of drug-likeness (QED) is 0.796. The molecular weight excluding hydrogens is 338 g/mol. The molecule has 4 heteroatoms. The molecule has 1 aliphatic heterocycles. The lowest BCUT2D eigenvalue weighted by atomic mass is 9.68. The molecule has 0 fully saturated rings. The number of carbonyl (C=O) groups excluding carboxylic acids is 2. The van der Waals surface area contributed by atoms with Gasteiger partial charge in [0.05, 0.1) is 11.7 Å². The number of hydrogen-bond donors (Lipinski definition) is 1. The Balaban J connectivity index is 2.19. The number of aryl methyl sites for hydroxylation is 1. The zero-order valence-electron chi connectivity index (χ0n) is 17.1. The molecule has 0 saturated carbocycles. The van der Waals surface area contributed by atoms with Gasteiger partial charge in [0.25, 0.3) is 0 Å². The summed E-state index contributed by atoms with van der Waals surface area (Å²) in [6.07, 6.45) is 1.06. The minimum atomic E-state index is -0.378. The Morgan fingerprint density at radius 1 is 1.19 bits per heavy atom. The molecule has 27 heavy (non-hydrogen) atoms. The fourth-order valence-electron chi connectivity index (χ4n) is 4.21. The van der Waals surface area contributed by atoms with Gasteiger partial charge >= 0.3 is 5.97 Å². The third kappa shape index (κ3) is 3.71. The highest BCUT2D eigenvalue weighted by atomic mass is 16.5. The summed E-state index contributed by atoms with van der Waals surface area (Å²) in [6, 6.07) is 7.97.